The number of hydrogen-bond donors (Lipinski definition) is 2. The van der Waals surface area contributed by atoms with E-state index in [-0.39, 0.29) is 81.8 Å². The van der Waals surface area contributed by atoms with Crippen LogP contribution in [0.3, 0.4) is 0 Å². The van der Waals surface area contributed by atoms with Crippen LogP contribution in [0.5, 0.6) is 28.7 Å². The van der Waals surface area contributed by atoms with Crippen LogP contribution in [-0.2, 0) is 25.4 Å². The van der Waals surface area contributed by atoms with Gasteiger partial charge in [-0.2, -0.15) is 5.26 Å². The van der Waals surface area contributed by atoms with Crippen molar-refractivity contribution < 1.29 is 91.9 Å². The molecular formula is C34H37AcCl3N4O10S. The molecule has 19 heteroatoms. The molecule has 5 aliphatic rings. The van der Waals surface area contributed by atoms with Gasteiger partial charge in [0.15, 0.2) is 29.8 Å². The van der Waals surface area contributed by atoms with Gasteiger partial charge in [0, 0.05) is 91.3 Å². The van der Waals surface area contributed by atoms with E-state index in [2.05, 4.69) is 27.3 Å². The number of nitrogens with zero attached hydrogens (tertiary/aromatic N) is 3. The minimum atomic E-state index is -1.86. The van der Waals surface area contributed by atoms with Crippen LogP contribution >= 0.6 is 46.6 Å². The summed E-state index contributed by atoms with van der Waals surface area (Å²) in [6, 6.07) is 0.820. The third-order valence-corrected chi connectivity index (χ3v) is 12.1. The standard InChI is InChI=1S/C34H37Cl3N4O10S.Ac/c1-14-6-16-7-18-19(8-38)41-20-9-47-32(43)17(39-33(44)48-11-34(35,36)37)10-52-31(23-22(20)30-28(50-13-51-30)15(2)26(23)42)25(41)24(40(18)3)21(16)29(27(14)46-5)49-12-45-4;/h6,17-20,24-25,31,42H,7,9-13H2,1-5H3,(H,39,44);/t17-,18-,19-,20-,24+,25?,31+;/m0./s1. The molecule has 283 valence electrons. The molecule has 0 aromatic heterocycles. The Morgan fingerprint density at radius 3 is 2.57 bits per heavy atom. The average Bonchev–Trinajstić information content (AvgIpc) is 3.59. The number of esters is 1. The number of halogens is 3. The maximum atomic E-state index is 13.7. The number of piperazine rings is 1. The largest absolute Gasteiger partial charge is 0.507 e. The van der Waals surface area contributed by atoms with Gasteiger partial charge in [0.25, 0.3) is 0 Å². The number of phenolic OH excluding ortho intramolecular Hbond substituents is 1. The third kappa shape index (κ3) is 7.10. The Bertz CT molecular complexity index is 1850. The molecule has 2 aromatic carbocycles. The number of fused-ring (bicyclic) bond motifs is 9. The quantitative estimate of drug-likeness (QED) is 0.232. The predicted octanol–water partition coefficient (Wildman–Crippen LogP) is 4.75. The first-order valence-electron chi connectivity index (χ1n) is 16.4. The number of amides is 1. The van der Waals surface area contributed by atoms with Crippen LogP contribution in [0.1, 0.15) is 50.7 Å². The number of alkyl carbamates (subject to hydrolysis) is 1. The van der Waals surface area contributed by atoms with Gasteiger partial charge in [0.1, 0.15) is 31.0 Å². The molecule has 7 atom stereocenters. The summed E-state index contributed by atoms with van der Waals surface area (Å²) >= 11 is 18.6. The van der Waals surface area contributed by atoms with Gasteiger partial charge in [0.2, 0.25) is 10.6 Å². The number of methoxy groups -OCH3 is 2. The van der Waals surface area contributed by atoms with Gasteiger partial charge in [0.05, 0.1) is 30.5 Å². The number of nitriles is 1. The van der Waals surface area contributed by atoms with E-state index in [1.165, 1.54) is 11.8 Å². The summed E-state index contributed by atoms with van der Waals surface area (Å²) in [5.41, 5.74) is 4.40. The first-order valence-corrected chi connectivity index (χ1v) is 18.6. The molecule has 5 heterocycles. The molecule has 2 fully saturated rings. The van der Waals surface area contributed by atoms with E-state index in [1.54, 1.807) is 21.1 Å². The summed E-state index contributed by atoms with van der Waals surface area (Å²) in [6.45, 7) is 2.81. The molecule has 2 aromatic rings. The summed E-state index contributed by atoms with van der Waals surface area (Å²) in [5, 5.41) is 25.0. The van der Waals surface area contributed by atoms with E-state index < -0.39 is 57.9 Å². The zero-order valence-corrected chi connectivity index (χ0v) is 37.3. The molecular weight excluding hydrogens is 990 g/mol. The van der Waals surface area contributed by atoms with Crippen molar-refractivity contribution in [3.63, 3.8) is 0 Å². The number of carbonyl (C=O) groups is 2. The van der Waals surface area contributed by atoms with Crippen molar-refractivity contribution in [3.8, 4) is 34.8 Å². The SMILES string of the molecule is COCOc1c(OC)c(C)cc2c1[C@@H]1C3[C@@H]4SC[C@H](NC(=O)OCC(Cl)(Cl)Cl)C(=O)OC[C@@H](c5c6c(c(C)c(O)c54)OCO6)N3[C@@H](C#N)[C@H](C2)N1C.[Ac]. The monoisotopic (exact) mass is 1030 g/mol. The van der Waals surface area contributed by atoms with Gasteiger partial charge in [-0.1, -0.05) is 40.9 Å². The molecule has 1 radical (unpaired) electrons. The minimum absolute atomic E-state index is 0. The number of hydrogen-bond acceptors (Lipinski definition) is 14. The molecule has 7 rings (SSSR count). The van der Waals surface area contributed by atoms with E-state index in [9.17, 15) is 20.0 Å². The number of cyclic esters (lactones) is 1. The van der Waals surface area contributed by atoms with Gasteiger partial charge >= 0.3 is 12.1 Å². The minimum Gasteiger partial charge on any atom is -0.507 e. The molecule has 14 nitrogen and oxygen atoms in total. The Morgan fingerprint density at radius 1 is 1.15 bits per heavy atom. The van der Waals surface area contributed by atoms with Gasteiger partial charge in [-0.05, 0) is 38.4 Å². The number of carbonyl (C=O) groups excluding carboxylic acids is 2. The van der Waals surface area contributed by atoms with E-state index in [4.69, 9.17) is 68.0 Å². The zero-order valence-electron chi connectivity index (χ0n) is 29.4. The fourth-order valence-corrected chi connectivity index (χ4v) is 10.1. The van der Waals surface area contributed by atoms with Crippen LogP contribution in [0, 0.1) is 69.2 Å². The summed E-state index contributed by atoms with van der Waals surface area (Å²) in [6.07, 6.45) is -0.456. The molecule has 0 spiro atoms. The Balaban J connectivity index is 0.00000481. The first kappa shape index (κ1) is 40.9. The molecule has 0 aliphatic carbocycles. The van der Waals surface area contributed by atoms with Crippen molar-refractivity contribution in [1.82, 2.24) is 15.1 Å². The Labute approximate surface area is 361 Å². The average molecular weight is 1030 g/mol. The molecule has 5 aliphatic heterocycles. The van der Waals surface area contributed by atoms with E-state index in [1.807, 2.05) is 14.0 Å². The van der Waals surface area contributed by atoms with Crippen molar-refractivity contribution in [2.24, 2.45) is 0 Å². The van der Waals surface area contributed by atoms with Crippen molar-refractivity contribution in [2.45, 2.75) is 65.6 Å². The van der Waals surface area contributed by atoms with E-state index in [0.29, 0.717) is 46.1 Å². The molecule has 1 amide bonds. The third-order valence-electron chi connectivity index (χ3n) is 10.4. The van der Waals surface area contributed by atoms with Gasteiger partial charge in [-0.3, -0.25) is 9.80 Å². The van der Waals surface area contributed by atoms with Crippen LogP contribution in [0.4, 0.5) is 4.79 Å². The topological polar surface area (TPSA) is 161 Å². The van der Waals surface area contributed by atoms with Crippen LogP contribution in [-0.4, -0.2) is 109 Å². The van der Waals surface area contributed by atoms with Crippen LogP contribution in [0.15, 0.2) is 6.07 Å². The molecule has 53 heavy (non-hydrogen) atoms. The summed E-state index contributed by atoms with van der Waals surface area (Å²) in [4.78, 5) is 30.8. The van der Waals surface area contributed by atoms with E-state index in [0.717, 1.165) is 16.7 Å². The number of phenols is 1. The van der Waals surface area contributed by atoms with Crippen LogP contribution in [0.25, 0.3) is 0 Å². The number of alkyl halides is 3. The molecule has 4 bridgehead atoms. The number of nitrogens with one attached hydrogen (secondary N) is 1. The van der Waals surface area contributed by atoms with Gasteiger partial charge in [-0.25, -0.2) is 9.59 Å². The normalized spacial score (nSPS) is 27.2. The number of aryl methyl sites for hydroxylation is 1. The van der Waals surface area contributed by atoms with Crippen molar-refractivity contribution >= 4 is 58.6 Å². The molecule has 2 saturated heterocycles. The van der Waals surface area contributed by atoms with Crippen LogP contribution in [0.2, 0.25) is 0 Å². The Morgan fingerprint density at radius 2 is 1.89 bits per heavy atom. The smallest absolute Gasteiger partial charge is 0.408 e. The van der Waals surface area contributed by atoms with Crippen LogP contribution < -0.4 is 24.3 Å². The Kier molecular flexibility index (Phi) is 12.3. The van der Waals surface area contributed by atoms with Gasteiger partial charge in [-0.15, -0.1) is 11.8 Å². The molecule has 0 saturated carbocycles. The summed E-state index contributed by atoms with van der Waals surface area (Å²) in [7, 11) is 5.11. The maximum absolute atomic E-state index is 13.7. The molecule has 2 N–H and O–H groups in total. The van der Waals surface area contributed by atoms with Gasteiger partial charge < -0.3 is 43.6 Å². The number of likely N-dealkylation sites (N-methyl/N-ethyl adjacent to an activating group) is 1. The second-order valence-electron chi connectivity index (χ2n) is 13.2. The van der Waals surface area contributed by atoms with E-state index >= 15 is 0 Å². The summed E-state index contributed by atoms with van der Waals surface area (Å²) < 4.78 is 38.6. The number of ether oxygens (including phenoxy) is 7. The molecule has 1 unspecified atom stereocenters. The van der Waals surface area contributed by atoms with Crippen molar-refractivity contribution in [1.29, 1.82) is 5.26 Å². The fourth-order valence-electron chi connectivity index (χ4n) is 8.38. The predicted molar refractivity (Wildman–Crippen MR) is 190 cm³/mol. The number of thioether (sulfide) groups is 1. The maximum Gasteiger partial charge on any atom is 0.408 e. The zero-order chi connectivity index (χ0) is 37.2. The Hall–Kier alpha value is -1.79. The second kappa shape index (κ2) is 16.0. The number of aromatic hydroxyl groups is 1. The second-order valence-corrected chi connectivity index (χ2v) is 16.9. The number of rotatable bonds is 6. The summed E-state index contributed by atoms with van der Waals surface area (Å²) in [5.74, 6) is 1.18. The number of benzene rings is 2. The van der Waals surface area contributed by atoms with Crippen molar-refractivity contribution in [2.75, 3.05) is 53.8 Å². The van der Waals surface area contributed by atoms with Crippen molar-refractivity contribution in [3.05, 3.63) is 39.4 Å². The first-order chi connectivity index (χ1) is 24.8. The fraction of sp³-hybridized carbons (Fsp3) is 0.559.